The Morgan fingerprint density at radius 3 is 1.00 bits per heavy atom. The number of quaternary nitrogens is 2. The number of carbonyl (C=O) groups excluding carboxylic acids is 2. The molecule has 14 heteroatoms. The number of benzene rings is 4. The Hall–Kier alpha value is -4.26. The molecular weight excluding hydrogens is 855 g/mol. The van der Waals surface area contributed by atoms with Gasteiger partial charge in [0.25, 0.3) is 7.82 Å². The van der Waals surface area contributed by atoms with Crippen LogP contribution in [-0.4, -0.2) is 95.3 Å². The largest absolute Gasteiger partial charge is 1.00 e. The van der Waals surface area contributed by atoms with Crippen LogP contribution in [0.4, 0.5) is 0 Å². The van der Waals surface area contributed by atoms with Gasteiger partial charge in [0.05, 0.1) is 39.3 Å². The molecule has 2 aliphatic rings. The van der Waals surface area contributed by atoms with E-state index in [1.165, 1.54) is 0 Å². The Morgan fingerprint density at radius 1 is 0.547 bits per heavy atom. The van der Waals surface area contributed by atoms with E-state index < -0.39 is 19.7 Å². The van der Waals surface area contributed by atoms with Crippen molar-refractivity contribution >= 4 is 19.8 Å². The standard InChI is InChI=1S/2C25H34NO3.ClH.H3O4P/c2*1-5-13-19(18-26(6-2,7-3)8-4)28-25(27)24-20-14-9-11-16-22(20)29-23-17-12-10-15-21(23)24;;1-5(2,3)4/h2*9-12,14-17,19,24H,5-8,13,18H2,1-4H3;1H;(H3,1,2,3,4)/q2*+1;;/p-2. The number of ether oxygens (including phenoxy) is 4. The van der Waals surface area contributed by atoms with Crippen LogP contribution in [0.25, 0.3) is 0 Å². The second kappa shape index (κ2) is 25.4. The fraction of sp³-hybridized carbons (Fsp3) is 0.480. The van der Waals surface area contributed by atoms with E-state index in [1.807, 2.05) is 97.1 Å². The van der Waals surface area contributed by atoms with Gasteiger partial charge in [-0.1, -0.05) is 99.5 Å². The van der Waals surface area contributed by atoms with Crippen LogP contribution in [0, 0.1) is 0 Å². The number of esters is 2. The maximum atomic E-state index is 13.5. The zero-order chi connectivity index (χ0) is 46.2. The van der Waals surface area contributed by atoms with E-state index in [2.05, 4.69) is 55.4 Å². The van der Waals surface area contributed by atoms with E-state index in [1.54, 1.807) is 0 Å². The summed E-state index contributed by atoms with van der Waals surface area (Å²) in [6, 6.07) is 31.1. The van der Waals surface area contributed by atoms with E-state index in [4.69, 9.17) is 38.2 Å². The monoisotopic (exact) mass is 924 g/mol. The third-order valence-corrected chi connectivity index (χ3v) is 12.8. The second-order valence-corrected chi connectivity index (χ2v) is 17.3. The average Bonchev–Trinajstić information content (AvgIpc) is 3.28. The number of nitrogens with zero attached hydrogens (tertiary/aromatic N) is 2. The van der Waals surface area contributed by atoms with Crippen LogP contribution in [0.2, 0.25) is 0 Å². The summed E-state index contributed by atoms with van der Waals surface area (Å²) in [5, 5.41) is 0. The Kier molecular flexibility index (Phi) is 21.5. The highest BCUT2D eigenvalue weighted by Crippen LogP contribution is 2.46. The highest BCUT2D eigenvalue weighted by Gasteiger charge is 2.38. The maximum absolute atomic E-state index is 13.5. The predicted octanol–water partition coefficient (Wildman–Crippen LogP) is 6.47. The predicted molar refractivity (Wildman–Crippen MR) is 245 cm³/mol. The zero-order valence-electron chi connectivity index (χ0n) is 38.9. The van der Waals surface area contributed by atoms with Gasteiger partial charge in [-0.15, -0.1) is 0 Å². The molecule has 64 heavy (non-hydrogen) atoms. The Morgan fingerprint density at radius 2 is 0.781 bits per heavy atom. The third kappa shape index (κ3) is 14.4. The van der Waals surface area contributed by atoms with Crippen molar-refractivity contribution in [3.05, 3.63) is 119 Å². The van der Waals surface area contributed by atoms with Crippen molar-refractivity contribution in [2.75, 3.05) is 52.4 Å². The molecule has 2 unspecified atom stereocenters. The lowest BCUT2D eigenvalue weighted by atomic mass is 9.88. The van der Waals surface area contributed by atoms with Crippen molar-refractivity contribution in [1.29, 1.82) is 0 Å². The van der Waals surface area contributed by atoms with Gasteiger partial charge in [-0.2, -0.15) is 0 Å². The minimum Gasteiger partial charge on any atom is -1.00 e. The lowest BCUT2D eigenvalue weighted by Gasteiger charge is -2.38. The van der Waals surface area contributed by atoms with Gasteiger partial charge in [0.15, 0.2) is 12.2 Å². The van der Waals surface area contributed by atoms with Gasteiger partial charge in [0.2, 0.25) is 0 Å². The van der Waals surface area contributed by atoms with Crippen LogP contribution >= 0.6 is 7.82 Å². The first-order valence-corrected chi connectivity index (χ1v) is 24.3. The molecule has 6 rings (SSSR count). The molecule has 2 heterocycles. The summed E-state index contributed by atoms with van der Waals surface area (Å²) in [6.07, 6.45) is 3.62. The molecule has 2 aliphatic heterocycles. The fourth-order valence-electron chi connectivity index (χ4n) is 8.79. The SMILES string of the molecule is CCCC(C[N+](CC)(CC)CC)OC(=O)C1c2ccccc2Oc2ccccc21.CCCC(C[N+](CC)(CC)CC)OC(=O)C1c2ccccc2Oc2ccccc21.O=P([O-])(O)O.[Cl-]. The van der Waals surface area contributed by atoms with Crippen molar-refractivity contribution in [2.24, 2.45) is 0 Å². The van der Waals surface area contributed by atoms with Crippen LogP contribution in [-0.2, 0) is 23.6 Å². The molecule has 4 aromatic carbocycles. The quantitative estimate of drug-likeness (QED) is 0.0646. The molecule has 2 N–H and O–H groups in total. The average molecular weight is 926 g/mol. The van der Waals surface area contributed by atoms with Crippen LogP contribution in [0.5, 0.6) is 23.0 Å². The van der Waals surface area contributed by atoms with E-state index in [-0.39, 0.29) is 36.6 Å². The number of rotatable bonds is 18. The van der Waals surface area contributed by atoms with Crippen LogP contribution in [0.15, 0.2) is 97.1 Å². The van der Waals surface area contributed by atoms with Gasteiger partial charge < -0.3 is 55.0 Å². The molecule has 0 saturated heterocycles. The summed E-state index contributed by atoms with van der Waals surface area (Å²) in [5.41, 5.74) is 3.53. The normalized spacial score (nSPS) is 14.0. The zero-order valence-corrected chi connectivity index (χ0v) is 40.6. The summed E-state index contributed by atoms with van der Waals surface area (Å²) < 4.78 is 35.2. The first kappa shape index (κ1) is 54.1. The lowest BCUT2D eigenvalue weighted by molar-refractivity contribution is -0.925. The maximum Gasteiger partial charge on any atom is 0.318 e. The Bertz CT molecular complexity index is 1870. The van der Waals surface area contributed by atoms with Crippen LogP contribution in [0.3, 0.4) is 0 Å². The van der Waals surface area contributed by atoms with Crippen molar-refractivity contribution in [3.8, 4) is 23.0 Å². The molecule has 0 saturated carbocycles. The molecule has 0 aliphatic carbocycles. The molecule has 352 valence electrons. The molecule has 0 bridgehead atoms. The topological polar surface area (TPSA) is 152 Å². The van der Waals surface area contributed by atoms with Gasteiger partial charge >= 0.3 is 11.9 Å². The third-order valence-electron chi connectivity index (χ3n) is 12.8. The van der Waals surface area contributed by atoms with Crippen LogP contribution in [0.1, 0.15) is 115 Å². The van der Waals surface area contributed by atoms with E-state index in [9.17, 15) is 9.59 Å². The Balaban J connectivity index is 0.000000303. The van der Waals surface area contributed by atoms with E-state index in [0.717, 1.165) is 132 Å². The van der Waals surface area contributed by atoms with Crippen molar-refractivity contribution in [1.82, 2.24) is 0 Å². The van der Waals surface area contributed by atoms with Gasteiger partial charge in [-0.3, -0.25) is 14.2 Å². The number of phosphoric acid groups is 1. The number of carbonyl (C=O) groups is 2. The van der Waals surface area contributed by atoms with Crippen LogP contribution < -0.4 is 26.8 Å². The number of hydrogen-bond donors (Lipinski definition) is 2. The molecule has 0 spiro atoms. The molecular formula is C50H70ClN2O10P. The minimum absolute atomic E-state index is 0. The molecule has 4 aromatic rings. The fourth-order valence-corrected chi connectivity index (χ4v) is 8.79. The molecule has 0 radical (unpaired) electrons. The summed E-state index contributed by atoms with van der Waals surface area (Å²) in [7, 11) is -4.89. The smallest absolute Gasteiger partial charge is 0.318 e. The summed E-state index contributed by atoms with van der Waals surface area (Å²) in [4.78, 5) is 49.9. The second-order valence-electron chi connectivity index (χ2n) is 16.4. The molecule has 0 aromatic heterocycles. The van der Waals surface area contributed by atoms with Crippen molar-refractivity contribution in [2.45, 2.75) is 105 Å². The summed E-state index contributed by atoms with van der Waals surface area (Å²) in [6.45, 7) is 25.7. The molecule has 0 amide bonds. The lowest BCUT2D eigenvalue weighted by Crippen LogP contribution is -3.00. The summed E-state index contributed by atoms with van der Waals surface area (Å²) >= 11 is 0. The first-order valence-electron chi connectivity index (χ1n) is 22.7. The van der Waals surface area contributed by atoms with Crippen molar-refractivity contribution < 1.29 is 69.2 Å². The van der Waals surface area contributed by atoms with Gasteiger partial charge in [-0.05, 0) is 78.6 Å². The summed E-state index contributed by atoms with van der Waals surface area (Å²) in [5.74, 6) is 1.72. The number of fused-ring (bicyclic) bond motifs is 4. The molecule has 0 fully saturated rings. The number of hydrogen-bond acceptors (Lipinski definition) is 8. The number of likely N-dealkylation sites (N-methyl/N-ethyl adjacent to an activating group) is 2. The van der Waals surface area contributed by atoms with E-state index >= 15 is 0 Å². The van der Waals surface area contributed by atoms with E-state index in [0.29, 0.717) is 0 Å². The minimum atomic E-state index is -4.89. The first-order chi connectivity index (χ1) is 30.1. The molecule has 2 atom stereocenters. The number of halogens is 1. The highest BCUT2D eigenvalue weighted by molar-refractivity contribution is 7.43. The van der Waals surface area contributed by atoms with Gasteiger partial charge in [0.1, 0.15) is 47.9 Å². The number of para-hydroxylation sites is 4. The van der Waals surface area contributed by atoms with Gasteiger partial charge in [0, 0.05) is 22.3 Å². The van der Waals surface area contributed by atoms with Crippen molar-refractivity contribution in [3.63, 3.8) is 0 Å². The Labute approximate surface area is 387 Å². The highest BCUT2D eigenvalue weighted by atomic mass is 35.5. The molecule has 12 nitrogen and oxygen atoms in total. The van der Waals surface area contributed by atoms with Gasteiger partial charge in [-0.25, -0.2) is 0 Å².